The Morgan fingerprint density at radius 3 is 2.75 bits per heavy atom. The third-order valence-electron chi connectivity index (χ3n) is 2.09. The van der Waals surface area contributed by atoms with Gasteiger partial charge >= 0.3 is 0 Å². The van der Waals surface area contributed by atoms with E-state index >= 15 is 0 Å². The molecule has 0 bridgehead atoms. The molecule has 0 aliphatic carbocycles. The van der Waals surface area contributed by atoms with E-state index < -0.39 is 0 Å². The minimum Gasteiger partial charge on any atom is -0.492 e. The predicted octanol–water partition coefficient (Wildman–Crippen LogP) is 1.03. The molecule has 0 atom stereocenters. The Balaban J connectivity index is 2.34. The minimum atomic E-state index is 0.211. The maximum Gasteiger partial charge on any atom is 0.239 e. The second-order valence-electron chi connectivity index (χ2n) is 3.23. The molecule has 6 nitrogen and oxygen atoms in total. The van der Waals surface area contributed by atoms with Crippen LogP contribution in [0.4, 0.5) is 11.6 Å². The predicted molar refractivity (Wildman–Crippen MR) is 61.8 cm³/mol. The molecule has 0 fully saturated rings. The average Bonchev–Trinajstić information content (AvgIpc) is 2.68. The lowest BCUT2D eigenvalue weighted by Gasteiger charge is -2.07. The Kier molecular flexibility index (Phi) is 2.63. The zero-order valence-corrected chi connectivity index (χ0v) is 8.90. The van der Waals surface area contributed by atoms with Gasteiger partial charge in [0.15, 0.2) is 5.82 Å². The van der Waals surface area contributed by atoms with Gasteiger partial charge in [-0.2, -0.15) is 4.98 Å². The molecular formula is C10H13N5O. The van der Waals surface area contributed by atoms with Crippen molar-refractivity contribution in [2.45, 2.75) is 6.92 Å². The second-order valence-corrected chi connectivity index (χ2v) is 3.23. The summed E-state index contributed by atoms with van der Waals surface area (Å²) in [5.41, 5.74) is 12.6. The van der Waals surface area contributed by atoms with Gasteiger partial charge in [0.25, 0.3) is 0 Å². The van der Waals surface area contributed by atoms with Gasteiger partial charge in [-0.25, -0.2) is 0 Å². The summed E-state index contributed by atoms with van der Waals surface area (Å²) in [4.78, 5) is 4.01. The highest BCUT2D eigenvalue weighted by molar-refractivity contribution is 5.66. The maximum absolute atomic E-state index is 5.83. The molecule has 6 heteroatoms. The highest BCUT2D eigenvalue weighted by Crippen LogP contribution is 2.26. The average molecular weight is 219 g/mol. The molecule has 5 N–H and O–H groups in total. The third-order valence-corrected chi connectivity index (χ3v) is 2.09. The fourth-order valence-electron chi connectivity index (χ4n) is 1.39. The molecule has 1 aromatic heterocycles. The van der Waals surface area contributed by atoms with E-state index in [4.69, 9.17) is 16.2 Å². The van der Waals surface area contributed by atoms with Gasteiger partial charge in [-0.05, 0) is 25.1 Å². The van der Waals surface area contributed by atoms with E-state index in [1.165, 1.54) is 0 Å². The zero-order valence-electron chi connectivity index (χ0n) is 8.90. The monoisotopic (exact) mass is 219 g/mol. The summed E-state index contributed by atoms with van der Waals surface area (Å²) in [6, 6.07) is 5.42. The lowest BCUT2D eigenvalue weighted by atomic mass is 10.2. The Labute approximate surface area is 92.6 Å². The van der Waals surface area contributed by atoms with Crippen molar-refractivity contribution < 1.29 is 4.74 Å². The van der Waals surface area contributed by atoms with Crippen molar-refractivity contribution in [2.24, 2.45) is 0 Å². The maximum atomic E-state index is 5.83. The highest BCUT2D eigenvalue weighted by Gasteiger charge is 2.06. The van der Waals surface area contributed by atoms with Crippen molar-refractivity contribution in [3.05, 3.63) is 18.2 Å². The SMILES string of the molecule is CCOc1ccc(-c2nc(N)n[nH]2)cc1N. The molecule has 0 saturated carbocycles. The molecule has 2 aromatic rings. The van der Waals surface area contributed by atoms with Crippen LogP contribution in [0.15, 0.2) is 18.2 Å². The number of nitrogens with one attached hydrogen (secondary N) is 1. The van der Waals surface area contributed by atoms with Crippen molar-refractivity contribution in [3.63, 3.8) is 0 Å². The van der Waals surface area contributed by atoms with Crippen molar-refractivity contribution in [2.75, 3.05) is 18.1 Å². The number of benzene rings is 1. The molecule has 16 heavy (non-hydrogen) atoms. The highest BCUT2D eigenvalue weighted by atomic mass is 16.5. The molecule has 0 amide bonds. The molecule has 84 valence electrons. The Bertz CT molecular complexity index is 494. The molecule has 1 aromatic carbocycles. The van der Waals surface area contributed by atoms with Crippen LogP contribution < -0.4 is 16.2 Å². The van der Waals surface area contributed by atoms with Gasteiger partial charge < -0.3 is 16.2 Å². The van der Waals surface area contributed by atoms with Gasteiger partial charge in [-0.1, -0.05) is 0 Å². The first-order valence-corrected chi connectivity index (χ1v) is 4.91. The molecule has 0 aliphatic heterocycles. The van der Waals surface area contributed by atoms with E-state index in [-0.39, 0.29) is 5.95 Å². The van der Waals surface area contributed by atoms with Crippen LogP contribution >= 0.6 is 0 Å². The van der Waals surface area contributed by atoms with Gasteiger partial charge in [0.2, 0.25) is 5.95 Å². The van der Waals surface area contributed by atoms with Crippen LogP contribution in [0, 0.1) is 0 Å². The third kappa shape index (κ3) is 1.90. The number of hydrogen-bond acceptors (Lipinski definition) is 5. The molecule has 0 spiro atoms. The van der Waals surface area contributed by atoms with E-state index in [0.717, 1.165) is 5.56 Å². The number of aromatic amines is 1. The lowest BCUT2D eigenvalue weighted by molar-refractivity contribution is 0.342. The second kappa shape index (κ2) is 4.09. The van der Waals surface area contributed by atoms with E-state index in [1.807, 2.05) is 13.0 Å². The van der Waals surface area contributed by atoms with Crippen LogP contribution in [-0.4, -0.2) is 21.8 Å². The first kappa shape index (κ1) is 10.3. The topological polar surface area (TPSA) is 103 Å². The number of anilines is 2. The van der Waals surface area contributed by atoms with Gasteiger partial charge in [-0.15, -0.1) is 5.10 Å². The number of ether oxygens (including phenoxy) is 1. The number of nitrogens with zero attached hydrogens (tertiary/aromatic N) is 2. The molecule has 0 saturated heterocycles. The van der Waals surface area contributed by atoms with E-state index in [9.17, 15) is 0 Å². The van der Waals surface area contributed by atoms with Crippen LogP contribution in [0.3, 0.4) is 0 Å². The minimum absolute atomic E-state index is 0.211. The van der Waals surface area contributed by atoms with Crippen molar-refractivity contribution >= 4 is 11.6 Å². The molecular weight excluding hydrogens is 206 g/mol. The summed E-state index contributed by atoms with van der Waals surface area (Å²) in [7, 11) is 0. The largest absolute Gasteiger partial charge is 0.492 e. The first-order valence-electron chi connectivity index (χ1n) is 4.91. The van der Waals surface area contributed by atoms with E-state index in [1.54, 1.807) is 12.1 Å². The zero-order chi connectivity index (χ0) is 11.5. The van der Waals surface area contributed by atoms with Crippen LogP contribution in [-0.2, 0) is 0 Å². The summed E-state index contributed by atoms with van der Waals surface area (Å²) in [5.74, 6) is 1.47. The number of H-pyrrole nitrogens is 1. The van der Waals surface area contributed by atoms with Gasteiger partial charge in [-0.3, -0.25) is 5.10 Å². The van der Waals surface area contributed by atoms with E-state index in [2.05, 4.69) is 15.2 Å². The van der Waals surface area contributed by atoms with Crippen molar-refractivity contribution in [1.82, 2.24) is 15.2 Å². The number of rotatable bonds is 3. The first-order chi connectivity index (χ1) is 7.70. The van der Waals surface area contributed by atoms with Crippen molar-refractivity contribution in [1.29, 1.82) is 0 Å². The summed E-state index contributed by atoms with van der Waals surface area (Å²) >= 11 is 0. The smallest absolute Gasteiger partial charge is 0.239 e. The summed E-state index contributed by atoms with van der Waals surface area (Å²) < 4.78 is 5.34. The fourth-order valence-corrected chi connectivity index (χ4v) is 1.39. The molecule has 0 unspecified atom stereocenters. The number of nitrogen functional groups attached to an aromatic ring is 2. The lowest BCUT2D eigenvalue weighted by Crippen LogP contribution is -1.97. The van der Waals surface area contributed by atoms with Crippen LogP contribution in [0.25, 0.3) is 11.4 Å². The van der Waals surface area contributed by atoms with Crippen LogP contribution in [0.1, 0.15) is 6.92 Å². The van der Waals surface area contributed by atoms with Crippen LogP contribution in [0.2, 0.25) is 0 Å². The molecule has 0 radical (unpaired) electrons. The van der Waals surface area contributed by atoms with Gasteiger partial charge in [0, 0.05) is 5.56 Å². The van der Waals surface area contributed by atoms with Gasteiger partial charge in [0.1, 0.15) is 5.75 Å². The summed E-state index contributed by atoms with van der Waals surface area (Å²) in [5, 5.41) is 6.47. The fraction of sp³-hybridized carbons (Fsp3) is 0.200. The normalized spacial score (nSPS) is 10.3. The Hall–Kier alpha value is -2.24. The summed E-state index contributed by atoms with van der Waals surface area (Å²) in [6.45, 7) is 2.49. The van der Waals surface area contributed by atoms with Crippen molar-refractivity contribution in [3.8, 4) is 17.1 Å². The Morgan fingerprint density at radius 1 is 1.38 bits per heavy atom. The number of nitrogens with two attached hydrogens (primary N) is 2. The molecule has 0 aliphatic rings. The van der Waals surface area contributed by atoms with Gasteiger partial charge in [0.05, 0.1) is 12.3 Å². The Morgan fingerprint density at radius 2 is 2.19 bits per heavy atom. The summed E-state index contributed by atoms with van der Waals surface area (Å²) in [6.07, 6.45) is 0. The standard InChI is InChI=1S/C10H13N5O/c1-2-16-8-4-3-6(5-7(8)11)9-13-10(12)15-14-9/h3-5H,2,11H2,1H3,(H3,12,13,14,15). The number of hydrogen-bond donors (Lipinski definition) is 3. The quantitative estimate of drug-likeness (QED) is 0.669. The van der Waals surface area contributed by atoms with Crippen LogP contribution in [0.5, 0.6) is 5.75 Å². The molecule has 1 heterocycles. The molecule has 2 rings (SSSR count). The van der Waals surface area contributed by atoms with E-state index in [0.29, 0.717) is 23.9 Å². The number of aromatic nitrogens is 3.